The molecule has 2 rings (SSSR count). The van der Waals surface area contributed by atoms with Gasteiger partial charge in [-0.2, -0.15) is 0 Å². The summed E-state index contributed by atoms with van der Waals surface area (Å²) >= 11 is 6.26. The van der Waals surface area contributed by atoms with Crippen molar-refractivity contribution in [2.24, 2.45) is 5.92 Å². The van der Waals surface area contributed by atoms with Gasteiger partial charge in [0.05, 0.1) is 5.69 Å². The number of anilines is 1. The number of halogens is 2. The van der Waals surface area contributed by atoms with E-state index in [1.54, 1.807) is 6.07 Å². The van der Waals surface area contributed by atoms with Crippen molar-refractivity contribution in [1.29, 1.82) is 0 Å². The molecule has 0 atom stereocenters. The molecular weight excluding hydrogens is 335 g/mol. The van der Waals surface area contributed by atoms with Gasteiger partial charge in [-0.3, -0.25) is 0 Å². The summed E-state index contributed by atoms with van der Waals surface area (Å²) in [5, 5.41) is 0.604. The summed E-state index contributed by atoms with van der Waals surface area (Å²) in [6.45, 7) is 8.29. The SMILES string of the molecule is CC/C=C(C)/C=C(/C1CCN(C)CC1)N(C)c1c(F)ccc(Cl)c1C. The third-order valence-corrected chi connectivity index (χ3v) is 5.49. The molecule has 0 amide bonds. The Morgan fingerprint density at radius 3 is 2.60 bits per heavy atom. The number of likely N-dealkylation sites (tertiary alicyclic amines) is 1. The van der Waals surface area contributed by atoms with Crippen LogP contribution in [0.25, 0.3) is 0 Å². The maximum Gasteiger partial charge on any atom is 0.147 e. The second kappa shape index (κ2) is 8.86. The Kier molecular flexibility index (Phi) is 7.09. The topological polar surface area (TPSA) is 6.48 Å². The summed E-state index contributed by atoms with van der Waals surface area (Å²) in [4.78, 5) is 4.37. The van der Waals surface area contributed by atoms with Crippen molar-refractivity contribution < 1.29 is 4.39 Å². The fourth-order valence-corrected chi connectivity index (χ4v) is 3.74. The van der Waals surface area contributed by atoms with Gasteiger partial charge in [-0.15, -0.1) is 0 Å². The zero-order valence-electron chi connectivity index (χ0n) is 16.1. The maximum atomic E-state index is 14.6. The first kappa shape index (κ1) is 20.0. The molecule has 2 nitrogen and oxygen atoms in total. The van der Waals surface area contributed by atoms with E-state index in [1.807, 2.05) is 18.9 Å². The van der Waals surface area contributed by atoms with E-state index in [0.29, 0.717) is 16.6 Å². The second-order valence-electron chi connectivity index (χ2n) is 7.06. The van der Waals surface area contributed by atoms with Crippen molar-refractivity contribution in [2.75, 3.05) is 32.1 Å². The summed E-state index contributed by atoms with van der Waals surface area (Å²) < 4.78 is 14.6. The number of hydrogen-bond donors (Lipinski definition) is 0. The monoisotopic (exact) mass is 364 g/mol. The van der Waals surface area contributed by atoms with E-state index >= 15 is 0 Å². The van der Waals surface area contributed by atoms with Crippen molar-refractivity contribution in [1.82, 2.24) is 4.90 Å². The van der Waals surface area contributed by atoms with E-state index in [9.17, 15) is 4.39 Å². The van der Waals surface area contributed by atoms with Gasteiger partial charge in [-0.05, 0) is 77.0 Å². The third kappa shape index (κ3) is 4.86. The average Bonchev–Trinajstić information content (AvgIpc) is 2.57. The van der Waals surface area contributed by atoms with Crippen molar-refractivity contribution in [2.45, 2.75) is 40.0 Å². The summed E-state index contributed by atoms with van der Waals surface area (Å²) in [5.41, 5.74) is 3.78. The van der Waals surface area contributed by atoms with Gasteiger partial charge in [0.1, 0.15) is 5.82 Å². The first-order chi connectivity index (χ1) is 11.8. The summed E-state index contributed by atoms with van der Waals surface area (Å²) in [6.07, 6.45) is 7.61. The lowest BCUT2D eigenvalue weighted by Crippen LogP contribution is -2.35. The van der Waals surface area contributed by atoms with Crippen LogP contribution in [0.1, 0.15) is 38.7 Å². The van der Waals surface area contributed by atoms with Gasteiger partial charge in [-0.25, -0.2) is 4.39 Å². The zero-order valence-corrected chi connectivity index (χ0v) is 16.8. The second-order valence-corrected chi connectivity index (χ2v) is 7.47. The molecule has 25 heavy (non-hydrogen) atoms. The largest absolute Gasteiger partial charge is 0.345 e. The molecular formula is C21H30ClFN2. The molecule has 0 spiro atoms. The van der Waals surface area contributed by atoms with Crippen LogP contribution in [0.5, 0.6) is 0 Å². The highest BCUT2D eigenvalue weighted by atomic mass is 35.5. The Morgan fingerprint density at radius 1 is 1.36 bits per heavy atom. The molecule has 0 radical (unpaired) electrons. The van der Waals surface area contributed by atoms with Gasteiger partial charge in [-0.1, -0.05) is 30.2 Å². The minimum absolute atomic E-state index is 0.222. The minimum atomic E-state index is -0.222. The molecule has 1 aromatic carbocycles. The lowest BCUT2D eigenvalue weighted by Gasteiger charge is -2.36. The summed E-state index contributed by atoms with van der Waals surface area (Å²) in [5.74, 6) is 0.208. The quantitative estimate of drug-likeness (QED) is 0.608. The fraction of sp³-hybridized carbons (Fsp3) is 0.524. The number of nitrogens with zero attached hydrogens (tertiary/aromatic N) is 2. The Bertz CT molecular complexity index is 658. The maximum absolute atomic E-state index is 14.6. The van der Waals surface area contributed by atoms with Crippen molar-refractivity contribution >= 4 is 17.3 Å². The van der Waals surface area contributed by atoms with Crippen LogP contribution in [0, 0.1) is 18.7 Å². The first-order valence-electron chi connectivity index (χ1n) is 9.10. The Hall–Kier alpha value is -1.32. The van der Waals surface area contributed by atoms with E-state index in [1.165, 1.54) is 17.3 Å². The van der Waals surface area contributed by atoms with Crippen LogP contribution in [0.15, 0.2) is 35.6 Å². The van der Waals surface area contributed by atoms with E-state index in [4.69, 9.17) is 11.6 Å². The van der Waals surface area contributed by atoms with Gasteiger partial charge in [0.25, 0.3) is 0 Å². The molecule has 138 valence electrons. The molecule has 0 unspecified atom stereocenters. The zero-order chi connectivity index (χ0) is 18.6. The van der Waals surface area contributed by atoms with E-state index in [2.05, 4.69) is 37.9 Å². The van der Waals surface area contributed by atoms with Crippen molar-refractivity contribution in [3.8, 4) is 0 Å². The molecule has 1 saturated heterocycles. The minimum Gasteiger partial charge on any atom is -0.345 e. The Labute approximate surface area is 157 Å². The van der Waals surface area contributed by atoms with Crippen molar-refractivity contribution in [3.05, 3.63) is 52.0 Å². The highest BCUT2D eigenvalue weighted by Crippen LogP contribution is 2.35. The van der Waals surface area contributed by atoms with Crippen LogP contribution in [-0.4, -0.2) is 32.1 Å². The highest BCUT2D eigenvalue weighted by molar-refractivity contribution is 6.31. The number of hydrogen-bond acceptors (Lipinski definition) is 2. The summed E-state index contributed by atoms with van der Waals surface area (Å²) in [7, 11) is 4.12. The van der Waals surface area contributed by atoms with Crippen LogP contribution in [0.4, 0.5) is 10.1 Å². The molecule has 1 heterocycles. The van der Waals surface area contributed by atoms with Gasteiger partial charge in [0.2, 0.25) is 0 Å². The lowest BCUT2D eigenvalue weighted by molar-refractivity contribution is 0.236. The summed E-state index contributed by atoms with van der Waals surface area (Å²) in [6, 6.07) is 3.09. The third-order valence-electron chi connectivity index (χ3n) is 5.08. The molecule has 0 aliphatic carbocycles. The van der Waals surface area contributed by atoms with E-state index in [-0.39, 0.29) is 5.82 Å². The molecule has 0 aromatic heterocycles. The number of allylic oxidation sites excluding steroid dienone is 4. The van der Waals surface area contributed by atoms with Crippen molar-refractivity contribution in [3.63, 3.8) is 0 Å². The predicted molar refractivity (Wildman–Crippen MR) is 107 cm³/mol. The molecule has 1 aromatic rings. The molecule has 0 saturated carbocycles. The van der Waals surface area contributed by atoms with Gasteiger partial charge in [0, 0.05) is 23.7 Å². The molecule has 1 aliphatic rings. The Balaban J connectivity index is 2.45. The molecule has 1 fully saturated rings. The molecule has 0 bridgehead atoms. The van der Waals surface area contributed by atoms with Crippen LogP contribution >= 0.6 is 11.6 Å². The highest BCUT2D eigenvalue weighted by Gasteiger charge is 2.25. The normalized spacial score (nSPS) is 17.9. The van der Waals surface area contributed by atoms with Crippen LogP contribution in [-0.2, 0) is 0 Å². The van der Waals surface area contributed by atoms with Crippen LogP contribution in [0.2, 0.25) is 5.02 Å². The molecule has 1 aliphatic heterocycles. The fourth-order valence-electron chi connectivity index (χ4n) is 3.59. The van der Waals surface area contributed by atoms with Crippen LogP contribution in [0.3, 0.4) is 0 Å². The lowest BCUT2D eigenvalue weighted by atomic mass is 9.91. The standard InChI is InChI=1S/C21H30ClFN2/c1-6-7-15(2)14-20(17-10-12-24(4)13-11-17)25(5)21-16(3)18(22)8-9-19(21)23/h7-9,14,17H,6,10-13H2,1-5H3/b15-7+,20-14-. The van der Waals surface area contributed by atoms with E-state index < -0.39 is 0 Å². The Morgan fingerprint density at radius 2 is 2.00 bits per heavy atom. The predicted octanol–water partition coefficient (Wildman–Crippen LogP) is 5.81. The van der Waals surface area contributed by atoms with Crippen LogP contribution < -0.4 is 4.90 Å². The number of rotatable bonds is 5. The average molecular weight is 365 g/mol. The van der Waals surface area contributed by atoms with Gasteiger partial charge >= 0.3 is 0 Å². The van der Waals surface area contributed by atoms with Gasteiger partial charge < -0.3 is 9.80 Å². The van der Waals surface area contributed by atoms with E-state index in [0.717, 1.165) is 37.9 Å². The number of benzene rings is 1. The first-order valence-corrected chi connectivity index (χ1v) is 9.48. The molecule has 0 N–H and O–H groups in total. The number of piperidine rings is 1. The van der Waals surface area contributed by atoms with Gasteiger partial charge in [0.15, 0.2) is 0 Å². The smallest absolute Gasteiger partial charge is 0.147 e. The molecule has 4 heteroatoms.